The van der Waals surface area contributed by atoms with Crippen molar-refractivity contribution in [1.82, 2.24) is 4.90 Å². The van der Waals surface area contributed by atoms with Gasteiger partial charge >= 0.3 is 0 Å². The Kier molecular flexibility index (Phi) is 3.15. The van der Waals surface area contributed by atoms with Gasteiger partial charge in [-0.1, -0.05) is 42.5 Å². The fourth-order valence-corrected chi connectivity index (χ4v) is 6.07. The molecule has 6 rings (SSSR count). The van der Waals surface area contributed by atoms with E-state index >= 15 is 0 Å². The predicted octanol–water partition coefficient (Wildman–Crippen LogP) is 3.58. The van der Waals surface area contributed by atoms with Crippen LogP contribution in [0.15, 0.2) is 71.3 Å². The Morgan fingerprint density at radius 1 is 1.03 bits per heavy atom. The van der Waals surface area contributed by atoms with Gasteiger partial charge in [0.05, 0.1) is 17.6 Å². The van der Waals surface area contributed by atoms with Crippen LogP contribution < -0.4 is 5.32 Å². The first-order valence-electron chi connectivity index (χ1n) is 9.87. The number of carbonyl (C=O) groups is 2. The van der Waals surface area contributed by atoms with Gasteiger partial charge in [0.2, 0.25) is 5.91 Å². The van der Waals surface area contributed by atoms with Gasteiger partial charge in [-0.25, -0.2) is 0 Å². The lowest BCUT2D eigenvalue weighted by Crippen LogP contribution is -2.49. The molecule has 0 radical (unpaired) electrons. The molecule has 2 spiro atoms. The maximum absolute atomic E-state index is 13.8. The molecule has 0 bridgehead atoms. The number of likely N-dealkylation sites (tertiary alicyclic amines) is 1. The van der Waals surface area contributed by atoms with Crippen LogP contribution in [0.2, 0.25) is 0 Å². The number of hydrogen-bond acceptors (Lipinski definition) is 4. The second-order valence-corrected chi connectivity index (χ2v) is 8.39. The molecule has 3 aromatic rings. The summed E-state index contributed by atoms with van der Waals surface area (Å²) in [7, 11) is 1.95. The molecule has 3 unspecified atom stereocenters. The van der Waals surface area contributed by atoms with E-state index < -0.39 is 16.9 Å². The Morgan fingerprint density at radius 2 is 1.83 bits per heavy atom. The van der Waals surface area contributed by atoms with Crippen LogP contribution in [-0.4, -0.2) is 30.2 Å². The smallest absolute Gasteiger partial charge is 0.250 e. The van der Waals surface area contributed by atoms with Gasteiger partial charge in [0, 0.05) is 23.4 Å². The number of anilines is 1. The Balaban J connectivity index is 1.65. The number of furan rings is 1. The molecule has 2 aliphatic heterocycles. The third kappa shape index (κ3) is 1.84. The van der Waals surface area contributed by atoms with E-state index in [1.807, 2.05) is 67.7 Å². The second kappa shape index (κ2) is 5.45. The van der Waals surface area contributed by atoms with Crippen molar-refractivity contribution in [1.29, 1.82) is 0 Å². The van der Waals surface area contributed by atoms with E-state index in [1.165, 1.54) is 0 Å². The van der Waals surface area contributed by atoms with Crippen LogP contribution >= 0.6 is 0 Å². The molecule has 1 aromatic heterocycles. The summed E-state index contributed by atoms with van der Waals surface area (Å²) in [5.41, 5.74) is 1.81. The number of fused-ring (bicyclic) bond motifs is 3. The number of benzene rings is 2. The summed E-state index contributed by atoms with van der Waals surface area (Å²) >= 11 is 0. The van der Waals surface area contributed by atoms with Crippen LogP contribution in [-0.2, 0) is 16.8 Å². The van der Waals surface area contributed by atoms with Crippen molar-refractivity contribution in [2.75, 3.05) is 18.9 Å². The largest absolute Gasteiger partial charge is 0.469 e. The van der Waals surface area contributed by atoms with Crippen molar-refractivity contribution in [3.63, 3.8) is 0 Å². The van der Waals surface area contributed by atoms with Crippen LogP contribution in [0, 0.1) is 5.41 Å². The molecule has 1 saturated heterocycles. The third-order valence-electron chi connectivity index (χ3n) is 7.07. The number of likely N-dealkylation sites (N-methyl/N-ethyl adjacent to an activating group) is 1. The van der Waals surface area contributed by atoms with Gasteiger partial charge in [-0.2, -0.15) is 0 Å². The van der Waals surface area contributed by atoms with E-state index in [-0.39, 0.29) is 11.7 Å². The minimum Gasteiger partial charge on any atom is -0.469 e. The number of amides is 1. The van der Waals surface area contributed by atoms with Crippen LogP contribution in [0.1, 0.15) is 33.2 Å². The molecule has 144 valence electrons. The van der Waals surface area contributed by atoms with E-state index in [0.717, 1.165) is 22.4 Å². The van der Waals surface area contributed by atoms with Crippen LogP contribution in [0.5, 0.6) is 0 Å². The van der Waals surface area contributed by atoms with Crippen molar-refractivity contribution in [2.24, 2.45) is 5.41 Å². The molecule has 2 aromatic carbocycles. The van der Waals surface area contributed by atoms with Gasteiger partial charge < -0.3 is 9.73 Å². The molecule has 0 saturated carbocycles. The molecule has 1 amide bonds. The van der Waals surface area contributed by atoms with Gasteiger partial charge in [-0.3, -0.25) is 14.5 Å². The number of carbonyl (C=O) groups excluding carboxylic acids is 2. The molecule has 1 fully saturated rings. The molecule has 3 heterocycles. The zero-order valence-electron chi connectivity index (χ0n) is 16.0. The Morgan fingerprint density at radius 3 is 2.62 bits per heavy atom. The maximum atomic E-state index is 13.8. The zero-order chi connectivity index (χ0) is 19.8. The topological polar surface area (TPSA) is 62.6 Å². The Labute approximate surface area is 168 Å². The average molecular weight is 384 g/mol. The summed E-state index contributed by atoms with van der Waals surface area (Å²) in [6, 6.07) is 19.3. The lowest BCUT2D eigenvalue weighted by atomic mass is 9.64. The fourth-order valence-electron chi connectivity index (χ4n) is 6.07. The average Bonchev–Trinajstić information content (AvgIpc) is 3.45. The summed E-state index contributed by atoms with van der Waals surface area (Å²) in [6.07, 6.45) is 2.23. The highest BCUT2D eigenvalue weighted by atomic mass is 16.3. The van der Waals surface area contributed by atoms with E-state index in [2.05, 4.69) is 10.2 Å². The first kappa shape index (κ1) is 16.7. The minimum atomic E-state index is -0.980. The molecule has 1 aliphatic carbocycles. The zero-order valence-corrected chi connectivity index (χ0v) is 16.0. The van der Waals surface area contributed by atoms with Gasteiger partial charge in [-0.15, -0.1) is 0 Å². The summed E-state index contributed by atoms with van der Waals surface area (Å²) in [5, 5.41) is 3.06. The van der Waals surface area contributed by atoms with E-state index in [0.29, 0.717) is 18.7 Å². The SMILES string of the molecule is CN1CC2(Cc3ccccc3C2=O)C(c2ccco2)C12C(=O)Nc1ccccc12. The number of ketones is 1. The molecular weight excluding hydrogens is 364 g/mol. The highest BCUT2D eigenvalue weighted by Gasteiger charge is 2.71. The summed E-state index contributed by atoms with van der Waals surface area (Å²) < 4.78 is 5.89. The van der Waals surface area contributed by atoms with Gasteiger partial charge in [0.1, 0.15) is 11.3 Å². The lowest BCUT2D eigenvalue weighted by Gasteiger charge is -2.37. The molecule has 5 nitrogen and oxygen atoms in total. The van der Waals surface area contributed by atoms with Crippen LogP contribution in [0.3, 0.4) is 0 Å². The van der Waals surface area contributed by atoms with Crippen molar-refractivity contribution >= 4 is 17.4 Å². The maximum Gasteiger partial charge on any atom is 0.250 e. The second-order valence-electron chi connectivity index (χ2n) is 8.39. The Bertz CT molecular complexity index is 1170. The number of hydrogen-bond donors (Lipinski definition) is 1. The fraction of sp³-hybridized carbons (Fsp3) is 0.250. The standard InChI is InChI=1S/C24H20N2O3/c1-26-14-23(13-15-7-2-3-8-16(15)21(23)27)20(19-11-6-12-29-19)24(26)17-9-4-5-10-18(17)25-22(24)28/h2-12,20H,13-14H2,1H3,(H,25,28). The Hall–Kier alpha value is -3.18. The normalized spacial score (nSPS) is 30.2. The van der Waals surface area contributed by atoms with Crippen molar-refractivity contribution in [3.8, 4) is 0 Å². The molecule has 29 heavy (non-hydrogen) atoms. The van der Waals surface area contributed by atoms with Crippen LogP contribution in [0.25, 0.3) is 0 Å². The molecule has 1 N–H and O–H groups in total. The summed E-state index contributed by atoms with van der Waals surface area (Å²) in [6.45, 7) is 0.494. The molecule has 5 heteroatoms. The minimum absolute atomic E-state index is 0.0942. The van der Waals surface area contributed by atoms with Crippen molar-refractivity contribution in [3.05, 3.63) is 89.4 Å². The molecule has 3 atom stereocenters. The monoisotopic (exact) mass is 384 g/mol. The van der Waals surface area contributed by atoms with Gasteiger partial charge in [0.25, 0.3) is 0 Å². The van der Waals surface area contributed by atoms with Gasteiger partial charge in [-0.05, 0) is 37.2 Å². The number of nitrogens with zero attached hydrogens (tertiary/aromatic N) is 1. The van der Waals surface area contributed by atoms with Crippen molar-refractivity contribution in [2.45, 2.75) is 17.9 Å². The number of para-hydroxylation sites is 1. The van der Waals surface area contributed by atoms with Crippen molar-refractivity contribution < 1.29 is 14.0 Å². The number of Topliss-reactive ketones (excluding diaryl/α,β-unsaturated/α-hetero) is 1. The number of rotatable bonds is 1. The van der Waals surface area contributed by atoms with E-state index in [9.17, 15) is 9.59 Å². The first-order valence-corrected chi connectivity index (χ1v) is 9.87. The summed E-state index contributed by atoms with van der Waals surface area (Å²) in [5.74, 6) is 0.277. The molecular formula is C24H20N2O3. The van der Waals surface area contributed by atoms with E-state index in [4.69, 9.17) is 4.42 Å². The molecule has 3 aliphatic rings. The first-order chi connectivity index (χ1) is 14.1. The third-order valence-corrected chi connectivity index (χ3v) is 7.07. The van der Waals surface area contributed by atoms with E-state index in [1.54, 1.807) is 6.26 Å². The highest BCUT2D eigenvalue weighted by Crippen LogP contribution is 2.64. The summed E-state index contributed by atoms with van der Waals surface area (Å²) in [4.78, 5) is 29.5. The number of nitrogens with one attached hydrogen (secondary N) is 1. The van der Waals surface area contributed by atoms with Crippen LogP contribution in [0.4, 0.5) is 5.69 Å². The van der Waals surface area contributed by atoms with Gasteiger partial charge in [0.15, 0.2) is 5.78 Å². The lowest BCUT2D eigenvalue weighted by molar-refractivity contribution is -0.126. The highest BCUT2D eigenvalue weighted by molar-refractivity contribution is 6.11. The predicted molar refractivity (Wildman–Crippen MR) is 108 cm³/mol. The quantitative estimate of drug-likeness (QED) is 0.697.